The van der Waals surface area contributed by atoms with Crippen molar-refractivity contribution in [2.24, 2.45) is 0 Å². The molecule has 0 saturated carbocycles. The van der Waals surface area contributed by atoms with Gasteiger partial charge in [0.1, 0.15) is 29.6 Å². The summed E-state index contributed by atoms with van der Waals surface area (Å²) >= 11 is 0. The highest BCUT2D eigenvalue weighted by Crippen LogP contribution is 2.42. The molecule has 2 aliphatic heterocycles. The first-order chi connectivity index (χ1) is 18.4. The first-order valence-electron chi connectivity index (χ1n) is 13.1. The van der Waals surface area contributed by atoms with Gasteiger partial charge in [-0.2, -0.15) is 0 Å². The second kappa shape index (κ2) is 11.5. The minimum Gasteiger partial charge on any atom is -0.508 e. The Morgan fingerprint density at radius 1 is 0.795 bits per heavy atom. The molecule has 0 spiro atoms. The maximum absolute atomic E-state index is 12.2. The van der Waals surface area contributed by atoms with E-state index in [2.05, 4.69) is 4.90 Å². The Morgan fingerprint density at radius 3 is 2.33 bits per heavy atom. The van der Waals surface area contributed by atoms with Crippen LogP contribution >= 0.6 is 12.4 Å². The highest BCUT2D eigenvalue weighted by molar-refractivity contribution is 7.90. The van der Waals surface area contributed by atoms with Gasteiger partial charge in [-0.3, -0.25) is 4.90 Å². The zero-order valence-corrected chi connectivity index (χ0v) is 23.3. The van der Waals surface area contributed by atoms with Crippen LogP contribution in [0.5, 0.6) is 23.0 Å². The number of phenols is 1. The fourth-order valence-corrected chi connectivity index (χ4v) is 7.02. The van der Waals surface area contributed by atoms with Crippen LogP contribution in [0, 0.1) is 0 Å². The van der Waals surface area contributed by atoms with E-state index in [0.717, 1.165) is 58.4 Å². The summed E-state index contributed by atoms with van der Waals surface area (Å²) in [6, 6.07) is 22.5. The summed E-state index contributed by atoms with van der Waals surface area (Å²) in [6.45, 7) is 3.90. The Hall–Kier alpha value is -3.26. The Labute approximate surface area is 235 Å². The van der Waals surface area contributed by atoms with E-state index < -0.39 is 9.84 Å². The molecule has 1 N–H and O–H groups in total. The minimum absolute atomic E-state index is 0. The van der Waals surface area contributed by atoms with E-state index in [1.165, 1.54) is 19.3 Å². The molecular weight excluding hydrogens is 534 g/mol. The molecule has 0 atom stereocenters. The van der Waals surface area contributed by atoms with E-state index in [1.54, 1.807) is 12.1 Å². The lowest BCUT2D eigenvalue weighted by atomic mass is 9.96. The van der Waals surface area contributed by atoms with Gasteiger partial charge in [-0.05, 0) is 103 Å². The lowest BCUT2D eigenvalue weighted by Gasteiger charge is -2.26. The van der Waals surface area contributed by atoms with Gasteiger partial charge in [0.15, 0.2) is 9.84 Å². The molecule has 0 amide bonds. The van der Waals surface area contributed by atoms with Crippen LogP contribution in [0.1, 0.15) is 30.4 Å². The van der Waals surface area contributed by atoms with E-state index in [-0.39, 0.29) is 29.7 Å². The summed E-state index contributed by atoms with van der Waals surface area (Å²) in [5.74, 6) is 2.46. The van der Waals surface area contributed by atoms with E-state index in [4.69, 9.17) is 9.47 Å². The number of sulfone groups is 1. The smallest absolute Gasteiger partial charge is 0.158 e. The van der Waals surface area contributed by atoms with Crippen molar-refractivity contribution in [3.63, 3.8) is 0 Å². The lowest BCUT2D eigenvalue weighted by Crippen LogP contribution is -2.33. The molecule has 0 aromatic heterocycles. The number of benzene rings is 4. The molecule has 4 aromatic carbocycles. The monoisotopic (exact) mass is 565 g/mol. The fourth-order valence-electron chi connectivity index (χ4n) is 5.42. The van der Waals surface area contributed by atoms with E-state index in [0.29, 0.717) is 18.1 Å². The number of aromatic hydroxyl groups is 1. The summed E-state index contributed by atoms with van der Waals surface area (Å²) in [5.41, 5.74) is 3.45. The van der Waals surface area contributed by atoms with Gasteiger partial charge in [0.25, 0.3) is 0 Å². The fraction of sp³-hybridized carbons (Fsp3) is 0.290. The maximum atomic E-state index is 12.2. The van der Waals surface area contributed by atoms with Crippen molar-refractivity contribution < 1.29 is 23.0 Å². The van der Waals surface area contributed by atoms with Crippen LogP contribution in [0.4, 0.5) is 0 Å². The van der Waals surface area contributed by atoms with E-state index >= 15 is 0 Å². The largest absolute Gasteiger partial charge is 0.508 e. The summed E-state index contributed by atoms with van der Waals surface area (Å²) in [4.78, 5) is 2.45. The van der Waals surface area contributed by atoms with Gasteiger partial charge in [0.2, 0.25) is 0 Å². The van der Waals surface area contributed by atoms with E-state index in [9.17, 15) is 13.5 Å². The van der Waals surface area contributed by atoms with Crippen LogP contribution in [0.3, 0.4) is 0 Å². The number of nitrogens with zero attached hydrogens (tertiary/aromatic N) is 1. The Morgan fingerprint density at radius 2 is 1.54 bits per heavy atom. The number of rotatable bonds is 7. The van der Waals surface area contributed by atoms with Crippen LogP contribution < -0.4 is 9.47 Å². The van der Waals surface area contributed by atoms with Crippen molar-refractivity contribution in [1.29, 1.82) is 0 Å². The van der Waals surface area contributed by atoms with Crippen molar-refractivity contribution >= 4 is 33.0 Å². The molecule has 6 nitrogen and oxygen atoms in total. The number of ether oxygens (including phenoxy) is 2. The molecular formula is C31H32ClNO5S. The molecule has 0 unspecified atom stereocenters. The maximum Gasteiger partial charge on any atom is 0.158 e. The van der Waals surface area contributed by atoms with Gasteiger partial charge in [0.05, 0.1) is 11.5 Å². The van der Waals surface area contributed by atoms with Crippen molar-refractivity contribution in [2.45, 2.75) is 30.8 Å². The third kappa shape index (κ3) is 6.16. The Bertz CT molecular complexity index is 1580. The molecule has 6 rings (SSSR count). The summed E-state index contributed by atoms with van der Waals surface area (Å²) in [5, 5.41) is 11.7. The van der Waals surface area contributed by atoms with Crippen LogP contribution in [-0.2, 0) is 21.3 Å². The molecule has 0 bridgehead atoms. The van der Waals surface area contributed by atoms with Crippen molar-refractivity contribution in [1.82, 2.24) is 4.90 Å². The lowest BCUT2D eigenvalue weighted by molar-refractivity contribution is 0.183. The zero-order chi connectivity index (χ0) is 26.1. The SMILES string of the molecule is Cl.O=S1(=O)Cc2ccc(-c3ccc4cc(O)ccc4c3Oc3ccc(OCCN4CCCCC4)cc3)cc2C1. The quantitative estimate of drug-likeness (QED) is 0.268. The van der Waals surface area contributed by atoms with Crippen LogP contribution in [0.2, 0.25) is 0 Å². The zero-order valence-electron chi connectivity index (χ0n) is 21.6. The predicted molar refractivity (Wildman–Crippen MR) is 157 cm³/mol. The van der Waals surface area contributed by atoms with E-state index in [1.807, 2.05) is 60.7 Å². The molecule has 0 aliphatic carbocycles. The van der Waals surface area contributed by atoms with Gasteiger partial charge >= 0.3 is 0 Å². The second-order valence-electron chi connectivity index (χ2n) is 10.2. The van der Waals surface area contributed by atoms with Crippen LogP contribution in [-0.4, -0.2) is 44.7 Å². The molecule has 0 radical (unpaired) electrons. The van der Waals surface area contributed by atoms with Crippen LogP contribution in [0.25, 0.3) is 21.9 Å². The third-order valence-electron chi connectivity index (χ3n) is 7.39. The number of fused-ring (bicyclic) bond motifs is 2. The van der Waals surface area contributed by atoms with Crippen molar-refractivity contribution in [2.75, 3.05) is 26.2 Å². The van der Waals surface area contributed by atoms with Gasteiger partial charge in [0, 0.05) is 17.5 Å². The highest BCUT2D eigenvalue weighted by Gasteiger charge is 2.25. The highest BCUT2D eigenvalue weighted by atomic mass is 35.5. The molecule has 8 heteroatoms. The topological polar surface area (TPSA) is 76.1 Å². The first kappa shape index (κ1) is 27.3. The predicted octanol–water partition coefficient (Wildman–Crippen LogP) is 6.72. The molecule has 2 heterocycles. The summed E-state index contributed by atoms with van der Waals surface area (Å²) < 4.78 is 36.8. The number of likely N-dealkylation sites (tertiary alicyclic amines) is 1. The van der Waals surface area contributed by atoms with Crippen molar-refractivity contribution in [3.8, 4) is 34.1 Å². The first-order valence-corrected chi connectivity index (χ1v) is 15.0. The summed E-state index contributed by atoms with van der Waals surface area (Å²) in [7, 11) is -3.09. The molecule has 4 aromatic rings. The molecule has 1 saturated heterocycles. The van der Waals surface area contributed by atoms with Gasteiger partial charge in [-0.1, -0.05) is 24.6 Å². The average Bonchev–Trinajstić information content (AvgIpc) is 3.23. The number of hydrogen-bond donors (Lipinski definition) is 1. The average molecular weight is 566 g/mol. The standard InChI is InChI=1S/C31H31NO5S.ClH/c33-26-7-13-30-23(19-26)6-12-29(22-4-5-24-20-38(34,35)21-25(24)18-22)31(30)37-28-10-8-27(9-11-28)36-17-16-32-14-2-1-3-15-32;/h4-13,18-19,33H,1-3,14-17,20-21H2;1H. The second-order valence-corrected chi connectivity index (χ2v) is 12.3. The number of piperidine rings is 1. The Kier molecular flexibility index (Phi) is 8.03. The normalized spacial score (nSPS) is 16.4. The molecule has 39 heavy (non-hydrogen) atoms. The Balaban J connectivity index is 0.00000308. The van der Waals surface area contributed by atoms with Gasteiger partial charge < -0.3 is 14.6 Å². The van der Waals surface area contributed by atoms with Gasteiger partial charge in [-0.15, -0.1) is 12.4 Å². The molecule has 1 fully saturated rings. The molecule has 2 aliphatic rings. The molecule has 204 valence electrons. The third-order valence-corrected chi connectivity index (χ3v) is 8.89. The summed E-state index contributed by atoms with van der Waals surface area (Å²) in [6.07, 6.45) is 3.87. The number of halogens is 1. The van der Waals surface area contributed by atoms with Crippen LogP contribution in [0.15, 0.2) is 72.8 Å². The number of phenolic OH excluding ortho intramolecular Hbond substituents is 1. The number of hydrogen-bond acceptors (Lipinski definition) is 6. The minimum atomic E-state index is -3.09. The van der Waals surface area contributed by atoms with Crippen molar-refractivity contribution in [3.05, 3.63) is 83.9 Å². The van der Waals surface area contributed by atoms with Gasteiger partial charge in [-0.25, -0.2) is 8.42 Å².